The van der Waals surface area contributed by atoms with Crippen LogP contribution in [0.1, 0.15) is 56.7 Å². The van der Waals surface area contributed by atoms with Gasteiger partial charge >= 0.3 is 0 Å². The number of hydrogen-bond donors (Lipinski definition) is 2. The Kier molecular flexibility index (Phi) is 4.65. The van der Waals surface area contributed by atoms with Gasteiger partial charge in [-0.1, -0.05) is 25.5 Å². The Hall–Kier alpha value is -3.48. The monoisotopic (exact) mass is 376 g/mol. The number of amides is 3. The lowest BCUT2D eigenvalue weighted by Crippen LogP contribution is -2.30. The topological polar surface area (TPSA) is 95.2 Å². The lowest BCUT2D eigenvalue weighted by molar-refractivity contribution is 0.0652. The molecule has 0 unspecified atom stereocenters. The van der Waals surface area contributed by atoms with Gasteiger partial charge in [-0.2, -0.15) is 0 Å². The molecule has 3 aromatic rings. The van der Waals surface area contributed by atoms with Gasteiger partial charge in [0.05, 0.1) is 28.7 Å². The van der Waals surface area contributed by atoms with Crippen LogP contribution in [-0.4, -0.2) is 39.1 Å². The first-order valence-corrected chi connectivity index (χ1v) is 9.30. The van der Waals surface area contributed by atoms with E-state index in [1.807, 2.05) is 31.2 Å². The number of H-pyrrole nitrogens is 1. The quantitative estimate of drug-likeness (QED) is 0.647. The van der Waals surface area contributed by atoms with Crippen molar-refractivity contribution in [2.24, 2.45) is 0 Å². The zero-order chi connectivity index (χ0) is 19.7. The van der Waals surface area contributed by atoms with E-state index in [-0.39, 0.29) is 29.8 Å². The molecule has 0 radical (unpaired) electrons. The molecular formula is C21H20N4O3. The lowest BCUT2D eigenvalue weighted by atomic mass is 10.1. The van der Waals surface area contributed by atoms with Gasteiger partial charge in [-0.15, -0.1) is 0 Å². The average molecular weight is 376 g/mol. The van der Waals surface area contributed by atoms with Crippen molar-refractivity contribution in [2.75, 3.05) is 6.54 Å². The van der Waals surface area contributed by atoms with Crippen molar-refractivity contribution in [3.63, 3.8) is 0 Å². The molecule has 28 heavy (non-hydrogen) atoms. The van der Waals surface area contributed by atoms with Gasteiger partial charge in [0.15, 0.2) is 0 Å². The highest BCUT2D eigenvalue weighted by Crippen LogP contribution is 2.24. The fourth-order valence-corrected chi connectivity index (χ4v) is 3.31. The second-order valence-corrected chi connectivity index (χ2v) is 6.76. The third kappa shape index (κ3) is 3.15. The van der Waals surface area contributed by atoms with E-state index in [9.17, 15) is 14.4 Å². The number of nitrogens with one attached hydrogen (secondary N) is 2. The predicted octanol–water partition coefficient (Wildman–Crippen LogP) is 2.89. The summed E-state index contributed by atoms with van der Waals surface area (Å²) in [5.74, 6) is -0.300. The van der Waals surface area contributed by atoms with Crippen LogP contribution in [0.3, 0.4) is 0 Å². The Morgan fingerprint density at radius 3 is 2.68 bits per heavy atom. The molecule has 1 aliphatic heterocycles. The molecule has 7 heteroatoms. The second-order valence-electron chi connectivity index (χ2n) is 6.76. The van der Waals surface area contributed by atoms with Gasteiger partial charge in [-0.3, -0.25) is 19.3 Å². The zero-order valence-electron chi connectivity index (χ0n) is 15.5. The van der Waals surface area contributed by atoms with Crippen LogP contribution in [0.4, 0.5) is 0 Å². The SMILES string of the molecule is CCCCN1C(=O)c2ccc(C(=O)NCc3nc4ccccc4[nH]3)cc2C1=O. The maximum Gasteiger partial charge on any atom is 0.261 e. The number of nitrogens with zero attached hydrogens (tertiary/aromatic N) is 2. The van der Waals surface area contributed by atoms with Crippen LogP contribution in [-0.2, 0) is 6.54 Å². The van der Waals surface area contributed by atoms with E-state index in [2.05, 4.69) is 15.3 Å². The number of imidazole rings is 1. The molecule has 1 aromatic heterocycles. The van der Waals surface area contributed by atoms with Crippen molar-refractivity contribution < 1.29 is 14.4 Å². The minimum Gasteiger partial charge on any atom is -0.345 e. The molecule has 7 nitrogen and oxygen atoms in total. The Morgan fingerprint density at radius 2 is 1.89 bits per heavy atom. The molecule has 0 spiro atoms. The van der Waals surface area contributed by atoms with E-state index in [0.29, 0.717) is 23.5 Å². The number of aromatic amines is 1. The first-order chi connectivity index (χ1) is 13.6. The van der Waals surface area contributed by atoms with Gasteiger partial charge in [-0.25, -0.2) is 4.98 Å². The van der Waals surface area contributed by atoms with Crippen LogP contribution in [0.2, 0.25) is 0 Å². The number of imide groups is 1. The zero-order valence-corrected chi connectivity index (χ0v) is 15.5. The summed E-state index contributed by atoms with van der Waals surface area (Å²) in [7, 11) is 0. The number of aromatic nitrogens is 2. The molecule has 1 aliphatic rings. The number of benzene rings is 2. The molecule has 3 amide bonds. The van der Waals surface area contributed by atoms with E-state index in [0.717, 1.165) is 23.9 Å². The number of hydrogen-bond acceptors (Lipinski definition) is 4. The summed E-state index contributed by atoms with van der Waals surface area (Å²) in [4.78, 5) is 46.2. The van der Waals surface area contributed by atoms with Gasteiger partial charge < -0.3 is 10.3 Å². The Balaban J connectivity index is 1.48. The van der Waals surface area contributed by atoms with Crippen molar-refractivity contribution in [3.05, 3.63) is 65.0 Å². The van der Waals surface area contributed by atoms with Crippen LogP contribution in [0.25, 0.3) is 11.0 Å². The normalized spacial score (nSPS) is 13.2. The summed E-state index contributed by atoms with van der Waals surface area (Å²) >= 11 is 0. The van der Waals surface area contributed by atoms with Gasteiger partial charge in [0, 0.05) is 12.1 Å². The average Bonchev–Trinajstić information content (AvgIpc) is 3.23. The molecular weight excluding hydrogens is 356 g/mol. The number of carbonyl (C=O) groups excluding carboxylic acids is 3. The van der Waals surface area contributed by atoms with E-state index >= 15 is 0 Å². The molecule has 2 aromatic carbocycles. The molecule has 0 saturated carbocycles. The van der Waals surface area contributed by atoms with E-state index in [4.69, 9.17) is 0 Å². The molecule has 0 saturated heterocycles. The van der Waals surface area contributed by atoms with Crippen molar-refractivity contribution in [1.29, 1.82) is 0 Å². The number of para-hydroxylation sites is 2. The maximum absolute atomic E-state index is 12.5. The van der Waals surface area contributed by atoms with Crippen molar-refractivity contribution >= 4 is 28.8 Å². The Labute approximate surface area is 161 Å². The Morgan fingerprint density at radius 1 is 1.11 bits per heavy atom. The second kappa shape index (κ2) is 7.26. The fraction of sp³-hybridized carbons (Fsp3) is 0.238. The first-order valence-electron chi connectivity index (χ1n) is 9.30. The summed E-state index contributed by atoms with van der Waals surface area (Å²) in [6, 6.07) is 12.2. The van der Waals surface area contributed by atoms with E-state index < -0.39 is 0 Å². The highest BCUT2D eigenvalue weighted by atomic mass is 16.2. The largest absolute Gasteiger partial charge is 0.345 e. The minimum atomic E-state index is -0.333. The van der Waals surface area contributed by atoms with Crippen molar-refractivity contribution in [2.45, 2.75) is 26.3 Å². The van der Waals surface area contributed by atoms with Crippen LogP contribution >= 0.6 is 0 Å². The predicted molar refractivity (Wildman–Crippen MR) is 104 cm³/mol. The molecule has 0 bridgehead atoms. The van der Waals surface area contributed by atoms with E-state index in [1.165, 1.54) is 11.0 Å². The number of rotatable bonds is 6. The number of unbranched alkanes of at least 4 members (excludes halogenated alkanes) is 1. The minimum absolute atomic E-state index is 0.236. The highest BCUT2D eigenvalue weighted by molar-refractivity contribution is 6.22. The summed E-state index contributed by atoms with van der Waals surface area (Å²) in [6.07, 6.45) is 1.65. The molecule has 0 fully saturated rings. The maximum atomic E-state index is 12.5. The van der Waals surface area contributed by atoms with Crippen LogP contribution in [0.15, 0.2) is 42.5 Å². The molecule has 4 rings (SSSR count). The third-order valence-corrected chi connectivity index (χ3v) is 4.82. The van der Waals surface area contributed by atoms with Crippen LogP contribution in [0, 0.1) is 0 Å². The Bertz CT molecular complexity index is 1050. The van der Waals surface area contributed by atoms with Gasteiger partial charge in [0.1, 0.15) is 5.82 Å². The first kappa shape index (κ1) is 17.9. The van der Waals surface area contributed by atoms with Gasteiger partial charge in [0.2, 0.25) is 0 Å². The van der Waals surface area contributed by atoms with Gasteiger partial charge in [0.25, 0.3) is 17.7 Å². The van der Waals surface area contributed by atoms with E-state index in [1.54, 1.807) is 12.1 Å². The summed E-state index contributed by atoms with van der Waals surface area (Å²) in [5, 5.41) is 2.80. The molecule has 2 N–H and O–H groups in total. The molecule has 0 atom stereocenters. The van der Waals surface area contributed by atoms with Gasteiger partial charge in [-0.05, 0) is 36.8 Å². The fourth-order valence-electron chi connectivity index (χ4n) is 3.31. The van der Waals surface area contributed by atoms with Crippen molar-refractivity contribution in [3.8, 4) is 0 Å². The third-order valence-electron chi connectivity index (χ3n) is 4.82. The van der Waals surface area contributed by atoms with Crippen molar-refractivity contribution in [1.82, 2.24) is 20.2 Å². The molecule has 2 heterocycles. The van der Waals surface area contributed by atoms with Crippen LogP contribution < -0.4 is 5.32 Å². The summed E-state index contributed by atoms with van der Waals surface area (Å²) in [6.45, 7) is 2.64. The standard InChI is InChI=1S/C21H20N4O3/c1-2-3-10-25-20(27)14-9-8-13(11-15(14)21(25)28)19(26)22-12-18-23-16-6-4-5-7-17(16)24-18/h4-9,11H,2-3,10,12H2,1H3,(H,22,26)(H,23,24). The summed E-state index contributed by atoms with van der Waals surface area (Å²) < 4.78 is 0. The molecule has 142 valence electrons. The summed E-state index contributed by atoms with van der Waals surface area (Å²) in [5.41, 5.74) is 2.72. The molecule has 0 aliphatic carbocycles. The highest BCUT2D eigenvalue weighted by Gasteiger charge is 2.35. The number of carbonyl (C=O) groups is 3. The van der Waals surface area contributed by atoms with Crippen LogP contribution in [0.5, 0.6) is 0 Å². The lowest BCUT2D eigenvalue weighted by Gasteiger charge is -2.12. The smallest absolute Gasteiger partial charge is 0.261 e. The number of fused-ring (bicyclic) bond motifs is 2.